The first-order chi connectivity index (χ1) is 10.6. The third kappa shape index (κ3) is 4.81. The molecule has 1 aromatic rings. The van der Waals surface area contributed by atoms with Crippen molar-refractivity contribution in [3.8, 4) is 0 Å². The minimum atomic E-state index is -3.77. The summed E-state index contributed by atoms with van der Waals surface area (Å²) in [6.45, 7) is 7.35. The van der Waals surface area contributed by atoms with E-state index in [9.17, 15) is 13.2 Å². The number of furan rings is 1. The van der Waals surface area contributed by atoms with Crippen molar-refractivity contribution in [2.45, 2.75) is 70.1 Å². The van der Waals surface area contributed by atoms with Crippen LogP contribution in [0, 0.1) is 5.92 Å². The number of rotatable bonds is 4. The predicted molar refractivity (Wildman–Crippen MR) is 87.7 cm³/mol. The van der Waals surface area contributed by atoms with E-state index >= 15 is 0 Å². The predicted octanol–water partition coefficient (Wildman–Crippen LogP) is 2.66. The van der Waals surface area contributed by atoms with Gasteiger partial charge in [0.25, 0.3) is 15.9 Å². The van der Waals surface area contributed by atoms with E-state index in [1.54, 1.807) is 20.8 Å². The Bertz CT molecular complexity index is 658. The largest absolute Gasteiger partial charge is 0.438 e. The Balaban J connectivity index is 2.08. The van der Waals surface area contributed by atoms with E-state index in [1.165, 1.54) is 18.6 Å². The van der Waals surface area contributed by atoms with Crippen molar-refractivity contribution in [2.24, 2.45) is 5.92 Å². The van der Waals surface area contributed by atoms with Crippen LogP contribution in [0.25, 0.3) is 0 Å². The summed E-state index contributed by atoms with van der Waals surface area (Å²) in [7, 11) is -3.77. The van der Waals surface area contributed by atoms with Crippen LogP contribution in [0.3, 0.4) is 0 Å². The Kier molecular flexibility index (Phi) is 5.20. The summed E-state index contributed by atoms with van der Waals surface area (Å²) in [6, 6.07) is 2.84. The number of carbonyl (C=O) groups excluding carboxylic acids is 1. The number of amides is 1. The molecule has 0 bridgehead atoms. The molecule has 0 unspecified atom stereocenters. The fourth-order valence-corrected chi connectivity index (χ4v) is 4.16. The van der Waals surface area contributed by atoms with Crippen LogP contribution in [0.1, 0.15) is 63.9 Å². The molecule has 1 aliphatic carbocycles. The molecule has 0 spiro atoms. The van der Waals surface area contributed by atoms with E-state index < -0.39 is 15.6 Å². The standard InChI is InChI=1S/C16H26N2O4S/c1-11-7-5-6-8-12(11)17-15(19)13-9-10-14(22-13)23(20,21)18-16(2,3)4/h9-12,18H,5-8H2,1-4H3,(H,17,19)/t11-,12-/m0/s1. The second-order valence-electron chi connectivity index (χ2n) is 7.32. The first-order valence-electron chi connectivity index (χ1n) is 8.03. The van der Waals surface area contributed by atoms with E-state index in [0.717, 1.165) is 19.3 Å². The maximum absolute atomic E-state index is 12.3. The van der Waals surface area contributed by atoms with Gasteiger partial charge < -0.3 is 9.73 Å². The van der Waals surface area contributed by atoms with Gasteiger partial charge in [-0.1, -0.05) is 19.8 Å². The van der Waals surface area contributed by atoms with Crippen molar-refractivity contribution in [3.63, 3.8) is 0 Å². The summed E-state index contributed by atoms with van der Waals surface area (Å²) < 4.78 is 32.1. The fourth-order valence-electron chi connectivity index (χ4n) is 2.81. The van der Waals surface area contributed by atoms with E-state index in [4.69, 9.17) is 4.42 Å². The molecule has 1 saturated carbocycles. The van der Waals surface area contributed by atoms with Gasteiger partial charge in [0, 0.05) is 11.6 Å². The van der Waals surface area contributed by atoms with Crippen molar-refractivity contribution in [1.29, 1.82) is 0 Å². The van der Waals surface area contributed by atoms with Crippen LogP contribution in [-0.4, -0.2) is 25.9 Å². The normalized spacial score (nSPS) is 22.8. The molecule has 23 heavy (non-hydrogen) atoms. The van der Waals surface area contributed by atoms with Gasteiger partial charge in [-0.15, -0.1) is 0 Å². The number of hydrogen-bond donors (Lipinski definition) is 2. The monoisotopic (exact) mass is 342 g/mol. The first-order valence-corrected chi connectivity index (χ1v) is 9.51. The molecule has 0 aliphatic heterocycles. The molecule has 1 aromatic heterocycles. The number of sulfonamides is 1. The van der Waals surface area contributed by atoms with Crippen molar-refractivity contribution in [1.82, 2.24) is 10.0 Å². The van der Waals surface area contributed by atoms with Gasteiger partial charge >= 0.3 is 0 Å². The average Bonchev–Trinajstić information content (AvgIpc) is 2.89. The number of nitrogens with one attached hydrogen (secondary N) is 2. The highest BCUT2D eigenvalue weighted by atomic mass is 32.2. The second-order valence-corrected chi connectivity index (χ2v) is 8.93. The second kappa shape index (κ2) is 6.65. The zero-order valence-corrected chi connectivity index (χ0v) is 15.0. The van der Waals surface area contributed by atoms with E-state index in [0.29, 0.717) is 5.92 Å². The van der Waals surface area contributed by atoms with Gasteiger partial charge in [0.05, 0.1) is 0 Å². The Labute approximate surface area is 138 Å². The molecule has 1 amide bonds. The molecule has 130 valence electrons. The van der Waals surface area contributed by atoms with Crippen LogP contribution < -0.4 is 10.0 Å². The highest BCUT2D eigenvalue weighted by Gasteiger charge is 2.28. The average molecular weight is 342 g/mol. The highest BCUT2D eigenvalue weighted by Crippen LogP contribution is 2.24. The van der Waals surface area contributed by atoms with Crippen LogP contribution in [0.15, 0.2) is 21.6 Å². The Morgan fingerprint density at radius 3 is 2.48 bits per heavy atom. The molecule has 2 atom stereocenters. The van der Waals surface area contributed by atoms with Gasteiger partial charge in [0.2, 0.25) is 5.09 Å². The summed E-state index contributed by atoms with van der Waals surface area (Å²) in [5, 5.41) is 2.71. The molecule has 2 rings (SSSR count). The van der Waals surface area contributed by atoms with Crippen LogP contribution >= 0.6 is 0 Å². The third-order valence-corrected chi connectivity index (χ3v) is 5.57. The number of hydrogen-bond acceptors (Lipinski definition) is 4. The van der Waals surface area contributed by atoms with Crippen molar-refractivity contribution >= 4 is 15.9 Å². The van der Waals surface area contributed by atoms with Crippen molar-refractivity contribution in [2.75, 3.05) is 0 Å². The molecule has 2 N–H and O–H groups in total. The quantitative estimate of drug-likeness (QED) is 0.880. The van der Waals surface area contributed by atoms with E-state index in [-0.39, 0.29) is 22.8 Å². The molecule has 0 radical (unpaired) electrons. The number of carbonyl (C=O) groups is 1. The fraction of sp³-hybridized carbons (Fsp3) is 0.688. The maximum Gasteiger partial charge on any atom is 0.287 e. The summed E-state index contributed by atoms with van der Waals surface area (Å²) in [6.07, 6.45) is 4.33. The topological polar surface area (TPSA) is 88.4 Å². The van der Waals surface area contributed by atoms with Crippen LogP contribution in [-0.2, 0) is 10.0 Å². The van der Waals surface area contributed by atoms with Gasteiger partial charge in [-0.3, -0.25) is 4.79 Å². The lowest BCUT2D eigenvalue weighted by atomic mass is 9.86. The van der Waals surface area contributed by atoms with Gasteiger partial charge in [0.15, 0.2) is 5.76 Å². The summed E-state index contributed by atoms with van der Waals surface area (Å²) >= 11 is 0. The van der Waals surface area contributed by atoms with Crippen LogP contribution in [0.4, 0.5) is 0 Å². The highest BCUT2D eigenvalue weighted by molar-refractivity contribution is 7.89. The lowest BCUT2D eigenvalue weighted by Gasteiger charge is -2.29. The summed E-state index contributed by atoms with van der Waals surface area (Å²) in [5.41, 5.74) is -0.619. The van der Waals surface area contributed by atoms with Gasteiger partial charge in [-0.05, 0) is 51.7 Å². The molecule has 1 fully saturated rings. The van der Waals surface area contributed by atoms with Crippen molar-refractivity contribution < 1.29 is 17.6 Å². The van der Waals surface area contributed by atoms with Crippen LogP contribution in [0.2, 0.25) is 0 Å². The maximum atomic E-state index is 12.3. The van der Waals surface area contributed by atoms with E-state index in [2.05, 4.69) is 17.0 Å². The molecule has 6 nitrogen and oxygen atoms in total. The summed E-state index contributed by atoms with van der Waals surface area (Å²) in [4.78, 5) is 12.3. The van der Waals surface area contributed by atoms with Gasteiger partial charge in [-0.2, -0.15) is 0 Å². The van der Waals surface area contributed by atoms with Gasteiger partial charge in [-0.25, -0.2) is 13.1 Å². The van der Waals surface area contributed by atoms with Gasteiger partial charge in [0.1, 0.15) is 0 Å². The lowest BCUT2D eigenvalue weighted by molar-refractivity contribution is 0.0876. The molecule has 0 saturated heterocycles. The Hall–Kier alpha value is -1.34. The minimum absolute atomic E-state index is 0.0251. The van der Waals surface area contributed by atoms with E-state index in [1.807, 2.05) is 0 Å². The zero-order valence-electron chi connectivity index (χ0n) is 14.2. The lowest BCUT2D eigenvalue weighted by Crippen LogP contribution is -2.41. The molecular formula is C16H26N2O4S. The van der Waals surface area contributed by atoms with Crippen LogP contribution in [0.5, 0.6) is 0 Å². The molecule has 7 heteroatoms. The molecular weight excluding hydrogens is 316 g/mol. The zero-order chi connectivity index (χ0) is 17.3. The summed E-state index contributed by atoms with van der Waals surface area (Å²) in [5.74, 6) is 0.0893. The minimum Gasteiger partial charge on any atom is -0.438 e. The smallest absolute Gasteiger partial charge is 0.287 e. The van der Waals surface area contributed by atoms with Crippen molar-refractivity contribution in [3.05, 3.63) is 17.9 Å². The Morgan fingerprint density at radius 2 is 1.87 bits per heavy atom. The third-order valence-electron chi connectivity index (χ3n) is 3.94. The molecule has 1 aliphatic rings. The Morgan fingerprint density at radius 1 is 1.22 bits per heavy atom. The molecule has 1 heterocycles. The SMILES string of the molecule is C[C@H]1CCCC[C@@H]1NC(=O)c1ccc(S(=O)(=O)NC(C)(C)C)o1. The first kappa shape index (κ1) is 18.0. The molecule has 0 aromatic carbocycles.